The molecule has 1 N–H and O–H groups in total. The quantitative estimate of drug-likeness (QED) is 0.819. The third-order valence-corrected chi connectivity index (χ3v) is 4.76. The van der Waals surface area contributed by atoms with Crippen LogP contribution in [-0.2, 0) is 4.79 Å². The highest BCUT2D eigenvalue weighted by atomic mass is 16.3. The van der Waals surface area contributed by atoms with Crippen LogP contribution in [0.15, 0.2) is 0 Å². The second-order valence-electron chi connectivity index (χ2n) is 7.07. The number of carbonyl (C=O) groups excluding carboxylic acids is 1. The molecule has 1 aliphatic heterocycles. The van der Waals surface area contributed by atoms with Crippen LogP contribution in [0.2, 0.25) is 0 Å². The van der Waals surface area contributed by atoms with E-state index in [0.717, 1.165) is 45.3 Å². The topological polar surface area (TPSA) is 40.5 Å². The van der Waals surface area contributed by atoms with Crippen LogP contribution in [0.3, 0.4) is 0 Å². The van der Waals surface area contributed by atoms with Crippen LogP contribution in [0.4, 0.5) is 0 Å². The highest BCUT2D eigenvalue weighted by Crippen LogP contribution is 2.32. The maximum absolute atomic E-state index is 12.0. The average Bonchev–Trinajstić information content (AvgIpc) is 2.28. The van der Waals surface area contributed by atoms with Crippen molar-refractivity contribution in [2.24, 2.45) is 17.3 Å². The molecule has 0 aromatic carbocycles. The number of nitrogens with zero attached hydrogens (tertiary/aromatic N) is 1. The van der Waals surface area contributed by atoms with Gasteiger partial charge in [0.2, 0.25) is 0 Å². The first-order valence-electron chi connectivity index (χ1n) is 7.31. The van der Waals surface area contributed by atoms with E-state index in [-0.39, 0.29) is 17.4 Å². The van der Waals surface area contributed by atoms with Crippen LogP contribution in [-0.4, -0.2) is 41.5 Å². The molecule has 2 fully saturated rings. The summed E-state index contributed by atoms with van der Waals surface area (Å²) in [6.45, 7) is 9.24. The molecule has 0 aromatic rings. The Balaban J connectivity index is 1.91. The molecule has 1 saturated carbocycles. The fourth-order valence-corrected chi connectivity index (χ4v) is 3.43. The summed E-state index contributed by atoms with van der Waals surface area (Å²) < 4.78 is 0. The minimum atomic E-state index is -0.199. The summed E-state index contributed by atoms with van der Waals surface area (Å²) in [6, 6.07) is 0. The van der Waals surface area contributed by atoms with Gasteiger partial charge in [-0.2, -0.15) is 0 Å². The lowest BCUT2D eigenvalue weighted by Gasteiger charge is -2.43. The van der Waals surface area contributed by atoms with Crippen molar-refractivity contribution in [2.45, 2.75) is 52.6 Å². The Hall–Kier alpha value is -0.410. The minimum absolute atomic E-state index is 0.0401. The third kappa shape index (κ3) is 3.12. The Morgan fingerprint density at radius 2 is 2.11 bits per heavy atom. The number of Topliss-reactive ketones (excluding diaryl/α,β-unsaturated/α-hetero) is 1. The summed E-state index contributed by atoms with van der Waals surface area (Å²) in [5.41, 5.74) is -0.0401. The molecule has 0 radical (unpaired) electrons. The molecule has 3 unspecified atom stereocenters. The van der Waals surface area contributed by atoms with Gasteiger partial charge in [-0.3, -0.25) is 4.79 Å². The van der Waals surface area contributed by atoms with E-state index < -0.39 is 0 Å². The van der Waals surface area contributed by atoms with Crippen molar-refractivity contribution >= 4 is 5.78 Å². The Labute approximate surface area is 111 Å². The number of ketones is 1. The number of aliphatic hydroxyl groups is 1. The van der Waals surface area contributed by atoms with Gasteiger partial charge in [0.05, 0.1) is 6.10 Å². The minimum Gasteiger partial charge on any atom is -0.392 e. The van der Waals surface area contributed by atoms with Gasteiger partial charge in [-0.25, -0.2) is 0 Å². The van der Waals surface area contributed by atoms with Crippen LogP contribution < -0.4 is 0 Å². The maximum atomic E-state index is 12.0. The molecule has 18 heavy (non-hydrogen) atoms. The Bertz CT molecular complexity index is 314. The molecular formula is C15H27NO2. The largest absolute Gasteiger partial charge is 0.392 e. The standard InChI is InChI=1S/C15H27NO2/c1-11-4-5-13(17)12(8-11)9-16-7-6-14(18)15(2,3)10-16/h11-12,14,18H,4-10H2,1-3H3. The molecule has 3 nitrogen and oxygen atoms in total. The van der Waals surface area contributed by atoms with E-state index >= 15 is 0 Å². The lowest BCUT2D eigenvalue weighted by Crippen LogP contribution is -2.50. The van der Waals surface area contributed by atoms with Gasteiger partial charge < -0.3 is 10.0 Å². The zero-order valence-corrected chi connectivity index (χ0v) is 12.0. The Morgan fingerprint density at radius 3 is 2.78 bits per heavy atom. The van der Waals surface area contributed by atoms with Crippen LogP contribution in [0.25, 0.3) is 0 Å². The summed E-state index contributed by atoms with van der Waals surface area (Å²) in [5, 5.41) is 9.96. The number of piperidine rings is 1. The Kier molecular flexibility index (Phi) is 4.12. The molecular weight excluding hydrogens is 226 g/mol. The first kappa shape index (κ1) is 14.0. The van der Waals surface area contributed by atoms with E-state index in [9.17, 15) is 9.90 Å². The maximum Gasteiger partial charge on any atom is 0.137 e. The monoisotopic (exact) mass is 253 g/mol. The van der Waals surface area contributed by atoms with E-state index in [1.165, 1.54) is 0 Å². The smallest absolute Gasteiger partial charge is 0.137 e. The molecule has 3 heteroatoms. The zero-order valence-electron chi connectivity index (χ0n) is 12.0. The molecule has 1 saturated heterocycles. The van der Waals surface area contributed by atoms with Gasteiger partial charge in [-0.1, -0.05) is 20.8 Å². The molecule has 0 amide bonds. The van der Waals surface area contributed by atoms with Crippen molar-refractivity contribution < 1.29 is 9.90 Å². The first-order chi connectivity index (χ1) is 8.38. The van der Waals surface area contributed by atoms with Crippen LogP contribution >= 0.6 is 0 Å². The van der Waals surface area contributed by atoms with Crippen LogP contribution in [0.5, 0.6) is 0 Å². The predicted molar refractivity (Wildman–Crippen MR) is 72.4 cm³/mol. The fraction of sp³-hybridized carbons (Fsp3) is 0.933. The molecule has 1 aliphatic carbocycles. The van der Waals surface area contributed by atoms with Gasteiger partial charge >= 0.3 is 0 Å². The van der Waals surface area contributed by atoms with Gasteiger partial charge in [0, 0.05) is 37.4 Å². The summed E-state index contributed by atoms with van der Waals surface area (Å²) >= 11 is 0. The average molecular weight is 253 g/mol. The zero-order chi connectivity index (χ0) is 13.3. The third-order valence-electron chi connectivity index (χ3n) is 4.76. The van der Waals surface area contributed by atoms with Crippen molar-refractivity contribution in [2.75, 3.05) is 19.6 Å². The number of rotatable bonds is 2. The molecule has 1 heterocycles. The summed E-state index contributed by atoms with van der Waals surface area (Å²) in [5.74, 6) is 1.38. The van der Waals surface area contributed by atoms with E-state index in [4.69, 9.17) is 0 Å². The second kappa shape index (κ2) is 5.30. The summed E-state index contributed by atoms with van der Waals surface area (Å²) in [6.07, 6.45) is 3.53. The van der Waals surface area contributed by atoms with E-state index in [1.54, 1.807) is 0 Å². The van der Waals surface area contributed by atoms with Crippen LogP contribution in [0.1, 0.15) is 46.5 Å². The number of likely N-dealkylation sites (tertiary alicyclic amines) is 1. The van der Waals surface area contributed by atoms with Gasteiger partial charge in [0.15, 0.2) is 0 Å². The van der Waals surface area contributed by atoms with Gasteiger partial charge in [-0.05, 0) is 25.2 Å². The lowest BCUT2D eigenvalue weighted by atomic mass is 9.78. The molecule has 0 spiro atoms. The number of hydrogen-bond donors (Lipinski definition) is 1. The molecule has 104 valence electrons. The Morgan fingerprint density at radius 1 is 1.39 bits per heavy atom. The van der Waals surface area contributed by atoms with Crippen molar-refractivity contribution in [1.82, 2.24) is 4.90 Å². The fourth-order valence-electron chi connectivity index (χ4n) is 3.43. The highest BCUT2D eigenvalue weighted by molar-refractivity contribution is 5.81. The van der Waals surface area contributed by atoms with E-state index in [1.807, 2.05) is 0 Å². The molecule has 0 bridgehead atoms. The number of carbonyl (C=O) groups is 1. The predicted octanol–water partition coefficient (Wildman–Crippen LogP) is 2.08. The summed E-state index contributed by atoms with van der Waals surface area (Å²) in [4.78, 5) is 14.3. The van der Waals surface area contributed by atoms with Gasteiger partial charge in [0.1, 0.15) is 5.78 Å². The second-order valence-corrected chi connectivity index (χ2v) is 7.07. The molecule has 2 aliphatic rings. The highest BCUT2D eigenvalue weighted by Gasteiger charge is 2.36. The first-order valence-corrected chi connectivity index (χ1v) is 7.31. The van der Waals surface area contributed by atoms with E-state index in [0.29, 0.717) is 11.7 Å². The summed E-state index contributed by atoms with van der Waals surface area (Å²) in [7, 11) is 0. The normalized spacial score (nSPS) is 37.8. The van der Waals surface area contributed by atoms with Crippen molar-refractivity contribution in [3.05, 3.63) is 0 Å². The van der Waals surface area contributed by atoms with Crippen molar-refractivity contribution in [3.63, 3.8) is 0 Å². The number of aliphatic hydroxyl groups excluding tert-OH is 1. The van der Waals surface area contributed by atoms with Crippen molar-refractivity contribution in [1.29, 1.82) is 0 Å². The van der Waals surface area contributed by atoms with Gasteiger partial charge in [0.25, 0.3) is 0 Å². The van der Waals surface area contributed by atoms with Crippen LogP contribution in [0, 0.1) is 17.3 Å². The SMILES string of the molecule is CC1CCC(=O)C(CN2CCC(O)C(C)(C)C2)C1. The lowest BCUT2D eigenvalue weighted by molar-refractivity contribution is -0.127. The van der Waals surface area contributed by atoms with E-state index in [2.05, 4.69) is 25.7 Å². The number of hydrogen-bond acceptors (Lipinski definition) is 3. The molecule has 0 aromatic heterocycles. The molecule has 3 atom stereocenters. The van der Waals surface area contributed by atoms with Gasteiger partial charge in [-0.15, -0.1) is 0 Å². The molecule has 2 rings (SSSR count). The van der Waals surface area contributed by atoms with Crippen molar-refractivity contribution in [3.8, 4) is 0 Å².